The van der Waals surface area contributed by atoms with Gasteiger partial charge in [0.15, 0.2) is 0 Å². The van der Waals surface area contributed by atoms with E-state index in [9.17, 15) is 4.79 Å². The van der Waals surface area contributed by atoms with E-state index in [0.29, 0.717) is 21.3 Å². The highest BCUT2D eigenvalue weighted by Crippen LogP contribution is 2.30. The van der Waals surface area contributed by atoms with Crippen LogP contribution in [0.5, 0.6) is 0 Å². The molecule has 0 aromatic heterocycles. The molecule has 0 bridgehead atoms. The molecule has 6 heteroatoms. The predicted molar refractivity (Wildman–Crippen MR) is 96.0 cm³/mol. The molecule has 0 fully saturated rings. The van der Waals surface area contributed by atoms with Gasteiger partial charge in [-0.15, -0.1) is 0 Å². The van der Waals surface area contributed by atoms with E-state index in [1.165, 1.54) is 0 Å². The minimum atomic E-state index is -0.239. The summed E-state index contributed by atoms with van der Waals surface area (Å²) in [7, 11) is 0. The molecule has 104 valence electrons. The zero-order valence-electron chi connectivity index (χ0n) is 10.3. The standard InChI is InChI=1S/C14H9BrCl2INO/c1-7-4-12(17)13(6-11(7)16)19-14(20)9-5-8(18)2-3-10(9)15/h2-6H,1H3,(H,19,20). The summed E-state index contributed by atoms with van der Waals surface area (Å²) in [5.41, 5.74) is 1.91. The number of carbonyl (C=O) groups is 1. The van der Waals surface area contributed by atoms with E-state index in [2.05, 4.69) is 43.8 Å². The van der Waals surface area contributed by atoms with Gasteiger partial charge in [-0.05, 0) is 81.3 Å². The van der Waals surface area contributed by atoms with Crippen molar-refractivity contribution >= 4 is 73.3 Å². The summed E-state index contributed by atoms with van der Waals surface area (Å²) in [6.07, 6.45) is 0. The first-order chi connectivity index (χ1) is 9.38. The van der Waals surface area contributed by atoms with Crippen molar-refractivity contribution in [2.24, 2.45) is 0 Å². The van der Waals surface area contributed by atoms with Crippen LogP contribution >= 0.6 is 61.7 Å². The second-order valence-corrected chi connectivity index (χ2v) is 7.07. The quantitative estimate of drug-likeness (QED) is 0.527. The molecule has 0 unspecified atom stereocenters. The van der Waals surface area contributed by atoms with Crippen LogP contribution in [-0.4, -0.2) is 5.91 Å². The lowest BCUT2D eigenvalue weighted by molar-refractivity contribution is 0.102. The van der Waals surface area contributed by atoms with Gasteiger partial charge < -0.3 is 5.32 Å². The molecule has 2 rings (SSSR count). The third-order valence-corrected chi connectivity index (χ3v) is 4.75. The molecule has 0 heterocycles. The molecule has 1 amide bonds. The van der Waals surface area contributed by atoms with E-state index < -0.39 is 0 Å². The van der Waals surface area contributed by atoms with Crippen molar-refractivity contribution in [1.82, 2.24) is 0 Å². The molecular weight excluding hydrogens is 476 g/mol. The van der Waals surface area contributed by atoms with Crippen molar-refractivity contribution in [3.63, 3.8) is 0 Å². The van der Waals surface area contributed by atoms with Crippen LogP contribution in [0.15, 0.2) is 34.8 Å². The van der Waals surface area contributed by atoms with Crippen molar-refractivity contribution in [2.75, 3.05) is 5.32 Å². The summed E-state index contributed by atoms with van der Waals surface area (Å²) in [6.45, 7) is 1.86. The summed E-state index contributed by atoms with van der Waals surface area (Å²) < 4.78 is 1.70. The predicted octanol–water partition coefficient (Wildman–Crippen LogP) is 5.92. The van der Waals surface area contributed by atoms with Crippen LogP contribution in [0.3, 0.4) is 0 Å². The summed E-state index contributed by atoms with van der Waals surface area (Å²) in [5.74, 6) is -0.239. The average Bonchev–Trinajstić information content (AvgIpc) is 2.38. The second-order valence-electron chi connectivity index (χ2n) is 4.16. The normalized spacial score (nSPS) is 10.4. The summed E-state index contributed by atoms with van der Waals surface area (Å²) >= 11 is 17.7. The maximum atomic E-state index is 12.3. The third-order valence-electron chi connectivity index (χ3n) is 2.67. The zero-order chi connectivity index (χ0) is 14.9. The molecule has 0 atom stereocenters. The van der Waals surface area contributed by atoms with Crippen LogP contribution in [0.4, 0.5) is 5.69 Å². The lowest BCUT2D eigenvalue weighted by Gasteiger charge is -2.10. The van der Waals surface area contributed by atoms with Gasteiger partial charge >= 0.3 is 0 Å². The lowest BCUT2D eigenvalue weighted by atomic mass is 10.2. The summed E-state index contributed by atoms with van der Waals surface area (Å²) in [4.78, 5) is 12.3. The average molecular weight is 485 g/mol. The molecule has 0 radical (unpaired) electrons. The third kappa shape index (κ3) is 3.67. The fourth-order valence-corrected chi connectivity index (χ4v) is 2.95. The van der Waals surface area contributed by atoms with E-state index in [4.69, 9.17) is 23.2 Å². The van der Waals surface area contributed by atoms with E-state index in [1.807, 2.05) is 19.1 Å². The van der Waals surface area contributed by atoms with Gasteiger partial charge in [0.25, 0.3) is 5.91 Å². The number of amides is 1. The Hall–Kier alpha value is -0.300. The minimum absolute atomic E-state index is 0.239. The van der Waals surface area contributed by atoms with Crippen molar-refractivity contribution in [3.05, 3.63) is 59.5 Å². The van der Waals surface area contributed by atoms with E-state index in [1.54, 1.807) is 18.2 Å². The van der Waals surface area contributed by atoms with E-state index in [-0.39, 0.29) is 5.91 Å². The molecule has 2 aromatic rings. The Morgan fingerprint density at radius 3 is 2.60 bits per heavy atom. The van der Waals surface area contributed by atoms with Crippen molar-refractivity contribution < 1.29 is 4.79 Å². The molecule has 0 aliphatic rings. The van der Waals surface area contributed by atoms with Crippen LogP contribution < -0.4 is 5.32 Å². The smallest absolute Gasteiger partial charge is 0.256 e. The maximum Gasteiger partial charge on any atom is 0.256 e. The van der Waals surface area contributed by atoms with Gasteiger partial charge in [0.2, 0.25) is 0 Å². The number of hydrogen-bond donors (Lipinski definition) is 1. The van der Waals surface area contributed by atoms with Gasteiger partial charge in [0.05, 0.1) is 16.3 Å². The molecule has 20 heavy (non-hydrogen) atoms. The van der Waals surface area contributed by atoms with Gasteiger partial charge in [-0.2, -0.15) is 0 Å². The molecule has 1 N–H and O–H groups in total. The highest BCUT2D eigenvalue weighted by molar-refractivity contribution is 14.1. The van der Waals surface area contributed by atoms with E-state index >= 15 is 0 Å². The monoisotopic (exact) mass is 483 g/mol. The first-order valence-electron chi connectivity index (χ1n) is 5.60. The van der Waals surface area contributed by atoms with Crippen molar-refractivity contribution in [1.29, 1.82) is 0 Å². The minimum Gasteiger partial charge on any atom is -0.321 e. The second kappa shape index (κ2) is 6.64. The van der Waals surface area contributed by atoms with Crippen molar-refractivity contribution in [3.8, 4) is 0 Å². The molecule has 0 aliphatic carbocycles. The first-order valence-corrected chi connectivity index (χ1v) is 8.23. The number of benzene rings is 2. The van der Waals surface area contributed by atoms with E-state index in [0.717, 1.165) is 13.6 Å². The highest BCUT2D eigenvalue weighted by atomic mass is 127. The molecular formula is C14H9BrCl2INO. The Balaban J connectivity index is 2.32. The first kappa shape index (κ1) is 16.1. The number of anilines is 1. The molecule has 0 saturated heterocycles. The number of rotatable bonds is 2. The number of nitrogens with one attached hydrogen (secondary N) is 1. The van der Waals surface area contributed by atoms with Crippen molar-refractivity contribution in [2.45, 2.75) is 6.92 Å². The molecule has 2 nitrogen and oxygen atoms in total. The largest absolute Gasteiger partial charge is 0.321 e. The zero-order valence-corrected chi connectivity index (χ0v) is 15.6. The Labute approximate surface area is 149 Å². The Kier molecular flexibility index (Phi) is 5.34. The number of aryl methyl sites for hydroxylation is 1. The van der Waals surface area contributed by atoms with Crippen LogP contribution in [0.2, 0.25) is 10.0 Å². The van der Waals surface area contributed by atoms with Gasteiger partial charge in [-0.25, -0.2) is 0 Å². The summed E-state index contributed by atoms with van der Waals surface area (Å²) in [6, 6.07) is 8.92. The van der Waals surface area contributed by atoms with Crippen LogP contribution in [0.1, 0.15) is 15.9 Å². The van der Waals surface area contributed by atoms with Gasteiger partial charge in [0.1, 0.15) is 0 Å². The number of hydrogen-bond acceptors (Lipinski definition) is 1. The van der Waals surface area contributed by atoms with Crippen LogP contribution in [0, 0.1) is 10.5 Å². The summed E-state index contributed by atoms with van der Waals surface area (Å²) in [5, 5.41) is 3.80. The molecule has 2 aromatic carbocycles. The highest BCUT2D eigenvalue weighted by Gasteiger charge is 2.13. The Bertz CT molecular complexity index is 691. The van der Waals surface area contributed by atoms with Gasteiger partial charge in [0, 0.05) is 13.1 Å². The SMILES string of the molecule is Cc1cc(Cl)c(NC(=O)c2cc(I)ccc2Br)cc1Cl. The fraction of sp³-hybridized carbons (Fsp3) is 0.0714. The Morgan fingerprint density at radius 2 is 1.90 bits per heavy atom. The van der Waals surface area contributed by atoms with Crippen LogP contribution in [0.25, 0.3) is 0 Å². The number of halogens is 4. The van der Waals surface area contributed by atoms with Gasteiger partial charge in [-0.1, -0.05) is 23.2 Å². The fourth-order valence-electron chi connectivity index (χ4n) is 1.60. The van der Waals surface area contributed by atoms with Gasteiger partial charge in [-0.3, -0.25) is 4.79 Å². The molecule has 0 saturated carbocycles. The molecule has 0 aliphatic heterocycles. The molecule has 0 spiro atoms. The van der Waals surface area contributed by atoms with Crippen LogP contribution in [-0.2, 0) is 0 Å². The number of carbonyl (C=O) groups excluding carboxylic acids is 1. The Morgan fingerprint density at radius 1 is 1.20 bits per heavy atom. The lowest BCUT2D eigenvalue weighted by Crippen LogP contribution is -2.13. The maximum absolute atomic E-state index is 12.3. The topological polar surface area (TPSA) is 29.1 Å².